The van der Waals surface area contributed by atoms with Crippen LogP contribution in [0.15, 0.2) is 42.7 Å². The zero-order chi connectivity index (χ0) is 20.2. The van der Waals surface area contributed by atoms with Crippen LogP contribution in [0.4, 0.5) is 26.2 Å². The lowest BCUT2D eigenvalue weighted by molar-refractivity contribution is -0.121. The van der Waals surface area contributed by atoms with E-state index in [2.05, 4.69) is 15.6 Å². The molecule has 0 saturated carbocycles. The molecule has 0 aliphatic carbocycles. The highest BCUT2D eigenvalue weighted by Crippen LogP contribution is 2.27. The summed E-state index contributed by atoms with van der Waals surface area (Å²) in [7, 11) is 0. The number of carbonyl (C=O) groups is 2. The Balaban J connectivity index is 2.26. The van der Waals surface area contributed by atoms with Gasteiger partial charge in [-0.15, -0.1) is 0 Å². The van der Waals surface area contributed by atoms with Gasteiger partial charge in [-0.05, 0) is 58.0 Å². The van der Waals surface area contributed by atoms with Crippen molar-refractivity contribution < 1.29 is 19.1 Å². The molecule has 0 radical (unpaired) electrons. The van der Waals surface area contributed by atoms with E-state index in [9.17, 15) is 19.1 Å². The fourth-order valence-electron chi connectivity index (χ4n) is 2.71. The molecule has 1 unspecified atom stereocenters. The first kappa shape index (κ1) is 20.2. The van der Waals surface area contributed by atoms with Crippen molar-refractivity contribution in [3.63, 3.8) is 0 Å². The standard InChI is InChI=1S/C19H23FN4O3/c1-12(24(18(26)27)19(2,3)4)17(25)23-15-8-7-13(20)10-16(15)22-14-6-5-9-21-11-14/h5-12,22H,1-4H3,(H,23,25)(H,26,27). The van der Waals surface area contributed by atoms with Crippen molar-refractivity contribution in [2.24, 2.45) is 0 Å². The minimum atomic E-state index is -1.20. The summed E-state index contributed by atoms with van der Waals surface area (Å²) in [5, 5.41) is 15.1. The number of nitrogens with one attached hydrogen (secondary N) is 2. The molecule has 144 valence electrons. The van der Waals surface area contributed by atoms with Crippen LogP contribution in [0.2, 0.25) is 0 Å². The van der Waals surface area contributed by atoms with E-state index in [0.717, 1.165) is 4.90 Å². The normalized spacial score (nSPS) is 12.2. The maximum atomic E-state index is 13.7. The van der Waals surface area contributed by atoms with Gasteiger partial charge in [0, 0.05) is 11.7 Å². The van der Waals surface area contributed by atoms with Gasteiger partial charge in [0.25, 0.3) is 0 Å². The minimum absolute atomic E-state index is 0.330. The van der Waals surface area contributed by atoms with Gasteiger partial charge in [0.1, 0.15) is 11.9 Å². The fourth-order valence-corrected chi connectivity index (χ4v) is 2.71. The number of carboxylic acid groups (broad SMARTS) is 1. The van der Waals surface area contributed by atoms with Crippen LogP contribution in [0, 0.1) is 5.82 Å². The monoisotopic (exact) mass is 374 g/mol. The molecule has 0 bridgehead atoms. The lowest BCUT2D eigenvalue weighted by Gasteiger charge is -2.37. The highest BCUT2D eigenvalue weighted by molar-refractivity contribution is 5.99. The summed E-state index contributed by atoms with van der Waals surface area (Å²) in [4.78, 5) is 29.3. The summed E-state index contributed by atoms with van der Waals surface area (Å²) in [6, 6.07) is 6.40. The molecule has 27 heavy (non-hydrogen) atoms. The Labute approximate surface area is 157 Å². The van der Waals surface area contributed by atoms with Gasteiger partial charge >= 0.3 is 6.09 Å². The van der Waals surface area contributed by atoms with E-state index in [0.29, 0.717) is 17.1 Å². The molecule has 3 N–H and O–H groups in total. The summed E-state index contributed by atoms with van der Waals surface area (Å²) < 4.78 is 13.7. The Bertz CT molecular complexity index is 821. The Morgan fingerprint density at radius 1 is 1.22 bits per heavy atom. The highest BCUT2D eigenvalue weighted by Gasteiger charge is 2.34. The molecule has 0 aliphatic rings. The molecule has 2 rings (SSSR count). The number of nitrogens with zero attached hydrogens (tertiary/aromatic N) is 2. The summed E-state index contributed by atoms with van der Waals surface area (Å²) in [5.41, 5.74) is 0.522. The second-order valence-electron chi connectivity index (χ2n) is 7.05. The molecule has 2 aromatic rings. The van der Waals surface area contributed by atoms with Gasteiger partial charge in [-0.25, -0.2) is 9.18 Å². The SMILES string of the molecule is CC(C(=O)Nc1ccc(F)cc1Nc1cccnc1)N(C(=O)O)C(C)(C)C. The van der Waals surface area contributed by atoms with Crippen molar-refractivity contribution in [1.82, 2.24) is 9.88 Å². The van der Waals surface area contributed by atoms with E-state index in [4.69, 9.17) is 0 Å². The second-order valence-corrected chi connectivity index (χ2v) is 7.05. The van der Waals surface area contributed by atoms with Gasteiger partial charge < -0.3 is 15.7 Å². The minimum Gasteiger partial charge on any atom is -0.465 e. The number of pyridine rings is 1. The van der Waals surface area contributed by atoms with Crippen LogP contribution in [-0.4, -0.2) is 38.6 Å². The molecular weight excluding hydrogens is 351 g/mol. The molecule has 0 spiro atoms. The van der Waals surface area contributed by atoms with Gasteiger partial charge in [-0.3, -0.25) is 14.7 Å². The molecule has 7 nitrogen and oxygen atoms in total. The van der Waals surface area contributed by atoms with Crippen molar-refractivity contribution >= 4 is 29.1 Å². The van der Waals surface area contributed by atoms with Gasteiger partial charge in [0.15, 0.2) is 0 Å². The van der Waals surface area contributed by atoms with Crippen molar-refractivity contribution in [2.45, 2.75) is 39.3 Å². The topological polar surface area (TPSA) is 94.6 Å². The number of benzene rings is 1. The van der Waals surface area contributed by atoms with E-state index < -0.39 is 29.4 Å². The summed E-state index contributed by atoms with van der Waals surface area (Å²) in [5.74, 6) is -0.998. The number of amides is 2. The van der Waals surface area contributed by atoms with E-state index >= 15 is 0 Å². The summed E-state index contributed by atoms with van der Waals surface area (Å²) in [6.45, 7) is 6.63. The summed E-state index contributed by atoms with van der Waals surface area (Å²) in [6.07, 6.45) is 1.97. The van der Waals surface area contributed by atoms with Crippen molar-refractivity contribution in [1.29, 1.82) is 0 Å². The molecule has 8 heteroatoms. The van der Waals surface area contributed by atoms with Gasteiger partial charge in [0.05, 0.1) is 23.3 Å². The van der Waals surface area contributed by atoms with Crippen LogP contribution in [-0.2, 0) is 4.79 Å². The molecule has 1 aromatic heterocycles. The third-order valence-electron chi connectivity index (χ3n) is 3.88. The Morgan fingerprint density at radius 3 is 2.48 bits per heavy atom. The van der Waals surface area contributed by atoms with Crippen LogP contribution in [0.3, 0.4) is 0 Å². The number of halogens is 1. The second kappa shape index (κ2) is 8.03. The average Bonchev–Trinajstić information content (AvgIpc) is 2.56. The lowest BCUT2D eigenvalue weighted by Crippen LogP contribution is -2.54. The van der Waals surface area contributed by atoms with Gasteiger partial charge in [0.2, 0.25) is 5.91 Å². The van der Waals surface area contributed by atoms with Crippen LogP contribution >= 0.6 is 0 Å². The van der Waals surface area contributed by atoms with Crippen molar-refractivity contribution in [2.75, 3.05) is 10.6 Å². The number of aromatic nitrogens is 1. The molecular formula is C19H23FN4O3. The van der Waals surface area contributed by atoms with Gasteiger partial charge in [-0.2, -0.15) is 0 Å². The number of hydrogen-bond acceptors (Lipinski definition) is 4. The Kier molecular flexibility index (Phi) is 5.99. The first-order valence-corrected chi connectivity index (χ1v) is 8.39. The van der Waals surface area contributed by atoms with Crippen molar-refractivity contribution in [3.8, 4) is 0 Å². The molecule has 1 heterocycles. The summed E-state index contributed by atoms with van der Waals surface area (Å²) >= 11 is 0. The van der Waals surface area contributed by atoms with E-state index in [1.807, 2.05) is 0 Å². The van der Waals surface area contributed by atoms with E-state index in [1.165, 1.54) is 25.1 Å². The molecule has 0 saturated heterocycles. The average molecular weight is 374 g/mol. The lowest BCUT2D eigenvalue weighted by atomic mass is 10.0. The third-order valence-corrected chi connectivity index (χ3v) is 3.88. The number of hydrogen-bond donors (Lipinski definition) is 3. The van der Waals surface area contributed by atoms with Crippen LogP contribution in [0.1, 0.15) is 27.7 Å². The fraction of sp³-hybridized carbons (Fsp3) is 0.316. The smallest absolute Gasteiger partial charge is 0.408 e. The molecule has 1 aromatic carbocycles. The Morgan fingerprint density at radius 2 is 1.93 bits per heavy atom. The quantitative estimate of drug-likeness (QED) is 0.733. The van der Waals surface area contributed by atoms with Crippen LogP contribution in [0.5, 0.6) is 0 Å². The molecule has 2 amide bonds. The molecule has 1 atom stereocenters. The predicted octanol–water partition coefficient (Wildman–Crippen LogP) is 4.07. The molecule has 0 aliphatic heterocycles. The number of anilines is 3. The van der Waals surface area contributed by atoms with Crippen LogP contribution in [0.25, 0.3) is 0 Å². The van der Waals surface area contributed by atoms with E-state index in [1.54, 1.807) is 45.3 Å². The maximum Gasteiger partial charge on any atom is 0.408 e. The van der Waals surface area contributed by atoms with Crippen molar-refractivity contribution in [3.05, 3.63) is 48.5 Å². The number of carbonyl (C=O) groups excluding carboxylic acids is 1. The van der Waals surface area contributed by atoms with Gasteiger partial charge in [-0.1, -0.05) is 0 Å². The van der Waals surface area contributed by atoms with E-state index in [-0.39, 0.29) is 0 Å². The molecule has 0 fully saturated rings. The first-order chi connectivity index (χ1) is 12.6. The maximum absolute atomic E-state index is 13.7. The van der Waals surface area contributed by atoms with Crippen LogP contribution < -0.4 is 10.6 Å². The predicted molar refractivity (Wildman–Crippen MR) is 102 cm³/mol. The first-order valence-electron chi connectivity index (χ1n) is 8.39. The largest absolute Gasteiger partial charge is 0.465 e. The third kappa shape index (κ3) is 5.16. The zero-order valence-electron chi connectivity index (χ0n) is 15.7. The number of rotatable bonds is 5. The zero-order valence-corrected chi connectivity index (χ0v) is 15.7. The Hall–Kier alpha value is -3.16. The highest BCUT2D eigenvalue weighted by atomic mass is 19.1.